The van der Waals surface area contributed by atoms with Gasteiger partial charge in [0.2, 0.25) is 0 Å². The van der Waals surface area contributed by atoms with Gasteiger partial charge in [0.05, 0.1) is 5.02 Å². The normalized spacial score (nSPS) is 18.3. The van der Waals surface area contributed by atoms with E-state index < -0.39 is 0 Å². The Kier molecular flexibility index (Phi) is 5.74. The number of anilines is 1. The number of hydrogen-bond acceptors (Lipinski definition) is 4. The average molecular weight is 348 g/mol. The number of hydrogen-bond donors (Lipinski definition) is 0. The van der Waals surface area contributed by atoms with Gasteiger partial charge in [0.25, 0.3) is 0 Å². The van der Waals surface area contributed by atoms with E-state index in [1.807, 2.05) is 18.3 Å². The van der Waals surface area contributed by atoms with Gasteiger partial charge in [-0.2, -0.15) is 0 Å². The molecule has 3 rings (SSSR count). The van der Waals surface area contributed by atoms with Crippen LogP contribution in [0.2, 0.25) is 5.02 Å². The van der Waals surface area contributed by atoms with Gasteiger partial charge < -0.3 is 14.4 Å². The van der Waals surface area contributed by atoms with Crippen LogP contribution in [0.5, 0.6) is 0 Å². The van der Waals surface area contributed by atoms with Crippen molar-refractivity contribution < 1.29 is 0 Å². The fourth-order valence-corrected chi connectivity index (χ4v) is 3.49. The molecule has 0 radical (unpaired) electrons. The molecule has 0 spiro atoms. The van der Waals surface area contributed by atoms with E-state index in [0.717, 1.165) is 38.4 Å². The highest BCUT2D eigenvalue weighted by Gasteiger charge is 2.25. The fraction of sp³-hybridized carbons (Fsp3) is 0.556. The third kappa shape index (κ3) is 4.28. The quantitative estimate of drug-likeness (QED) is 0.803. The predicted molar refractivity (Wildman–Crippen MR) is 98.8 cm³/mol. The zero-order valence-corrected chi connectivity index (χ0v) is 15.3. The number of pyridine rings is 1. The van der Waals surface area contributed by atoms with Crippen LogP contribution in [-0.2, 0) is 6.54 Å². The first kappa shape index (κ1) is 17.2. The summed E-state index contributed by atoms with van der Waals surface area (Å²) in [6, 6.07) is 3.92. The Morgan fingerprint density at radius 2 is 2.17 bits per heavy atom. The van der Waals surface area contributed by atoms with Gasteiger partial charge in [-0.05, 0) is 52.0 Å². The van der Waals surface area contributed by atoms with Crippen LogP contribution in [0, 0.1) is 0 Å². The molecule has 0 N–H and O–H groups in total. The Morgan fingerprint density at radius 3 is 2.92 bits per heavy atom. The lowest BCUT2D eigenvalue weighted by molar-refractivity contribution is 0.380. The summed E-state index contributed by atoms with van der Waals surface area (Å²) in [5.41, 5.74) is 0. The minimum atomic E-state index is 0.464. The number of nitrogens with zero attached hydrogens (tertiary/aromatic N) is 5. The van der Waals surface area contributed by atoms with E-state index in [9.17, 15) is 0 Å². The molecule has 0 saturated carbocycles. The van der Waals surface area contributed by atoms with Crippen molar-refractivity contribution in [1.82, 2.24) is 19.4 Å². The van der Waals surface area contributed by atoms with E-state index in [0.29, 0.717) is 10.9 Å². The summed E-state index contributed by atoms with van der Waals surface area (Å²) in [6.07, 6.45) is 9.28. The Morgan fingerprint density at radius 1 is 1.29 bits per heavy atom. The SMILES string of the molecule is CN(C)CCCn1ccnc1[C@@H]1CCCN(c2ccc(Cl)cn2)C1. The molecule has 24 heavy (non-hydrogen) atoms. The van der Waals surface area contributed by atoms with Gasteiger partial charge in [0, 0.05) is 44.1 Å². The number of aromatic nitrogens is 3. The maximum absolute atomic E-state index is 5.95. The molecule has 2 aromatic heterocycles. The van der Waals surface area contributed by atoms with Crippen LogP contribution in [0.3, 0.4) is 0 Å². The topological polar surface area (TPSA) is 37.2 Å². The molecule has 2 aromatic rings. The molecule has 0 aliphatic carbocycles. The third-order valence-corrected chi connectivity index (χ3v) is 4.80. The van der Waals surface area contributed by atoms with Crippen LogP contribution >= 0.6 is 11.6 Å². The molecule has 0 unspecified atom stereocenters. The lowest BCUT2D eigenvalue weighted by atomic mass is 9.97. The largest absolute Gasteiger partial charge is 0.356 e. The number of aryl methyl sites for hydroxylation is 1. The van der Waals surface area contributed by atoms with Crippen molar-refractivity contribution in [1.29, 1.82) is 0 Å². The molecule has 0 amide bonds. The Hall–Kier alpha value is -1.59. The van der Waals surface area contributed by atoms with Gasteiger partial charge in [-0.3, -0.25) is 0 Å². The summed E-state index contributed by atoms with van der Waals surface area (Å²) in [5, 5.41) is 0.684. The van der Waals surface area contributed by atoms with Gasteiger partial charge in [-0.1, -0.05) is 11.6 Å². The van der Waals surface area contributed by atoms with Crippen molar-refractivity contribution >= 4 is 17.4 Å². The molecular weight excluding hydrogens is 322 g/mol. The molecule has 1 aliphatic rings. The maximum atomic E-state index is 5.95. The van der Waals surface area contributed by atoms with E-state index >= 15 is 0 Å². The molecule has 1 fully saturated rings. The van der Waals surface area contributed by atoms with E-state index in [4.69, 9.17) is 11.6 Å². The predicted octanol–water partition coefficient (Wildman–Crippen LogP) is 3.27. The molecule has 5 nitrogen and oxygen atoms in total. The molecule has 0 bridgehead atoms. The summed E-state index contributed by atoms with van der Waals surface area (Å²) in [4.78, 5) is 13.7. The van der Waals surface area contributed by atoms with Crippen molar-refractivity contribution in [3.63, 3.8) is 0 Å². The summed E-state index contributed by atoms with van der Waals surface area (Å²) in [6.45, 7) is 4.15. The monoisotopic (exact) mass is 347 g/mol. The van der Waals surface area contributed by atoms with Gasteiger partial charge in [-0.15, -0.1) is 0 Å². The highest BCUT2D eigenvalue weighted by atomic mass is 35.5. The molecule has 1 saturated heterocycles. The van der Waals surface area contributed by atoms with Crippen LogP contribution in [0.25, 0.3) is 0 Å². The van der Waals surface area contributed by atoms with Gasteiger partial charge in [0.1, 0.15) is 11.6 Å². The zero-order chi connectivity index (χ0) is 16.9. The van der Waals surface area contributed by atoms with E-state index in [-0.39, 0.29) is 0 Å². The van der Waals surface area contributed by atoms with Crippen molar-refractivity contribution in [2.24, 2.45) is 0 Å². The minimum absolute atomic E-state index is 0.464. The summed E-state index contributed by atoms with van der Waals surface area (Å²) in [5.74, 6) is 2.69. The highest BCUT2D eigenvalue weighted by molar-refractivity contribution is 6.30. The molecule has 0 aromatic carbocycles. The number of rotatable bonds is 6. The Labute approximate surface area is 149 Å². The maximum Gasteiger partial charge on any atom is 0.128 e. The molecular formula is C18H26ClN5. The van der Waals surface area contributed by atoms with Gasteiger partial charge in [-0.25, -0.2) is 9.97 Å². The molecule has 6 heteroatoms. The van der Waals surface area contributed by atoms with Crippen molar-refractivity contribution in [3.8, 4) is 0 Å². The van der Waals surface area contributed by atoms with E-state index in [1.54, 1.807) is 6.20 Å². The number of halogens is 1. The highest BCUT2D eigenvalue weighted by Crippen LogP contribution is 2.28. The van der Waals surface area contributed by atoms with Crippen LogP contribution in [-0.4, -0.2) is 53.2 Å². The van der Waals surface area contributed by atoms with Gasteiger partial charge in [0.15, 0.2) is 0 Å². The first-order valence-electron chi connectivity index (χ1n) is 8.66. The average Bonchev–Trinajstić information content (AvgIpc) is 3.04. The first-order chi connectivity index (χ1) is 11.6. The second-order valence-electron chi connectivity index (χ2n) is 6.76. The van der Waals surface area contributed by atoms with Gasteiger partial charge >= 0.3 is 0 Å². The van der Waals surface area contributed by atoms with Crippen molar-refractivity contribution in [2.75, 3.05) is 38.6 Å². The smallest absolute Gasteiger partial charge is 0.128 e. The third-order valence-electron chi connectivity index (χ3n) is 4.57. The van der Waals surface area contributed by atoms with Crippen LogP contribution in [0.15, 0.2) is 30.7 Å². The summed E-state index contributed by atoms with van der Waals surface area (Å²) < 4.78 is 2.33. The molecule has 1 aliphatic heterocycles. The van der Waals surface area contributed by atoms with Crippen LogP contribution < -0.4 is 4.90 Å². The summed E-state index contributed by atoms with van der Waals surface area (Å²) >= 11 is 5.95. The van der Waals surface area contributed by atoms with Crippen molar-refractivity contribution in [3.05, 3.63) is 41.6 Å². The second-order valence-corrected chi connectivity index (χ2v) is 7.19. The Bertz CT molecular complexity index is 637. The van der Waals surface area contributed by atoms with Crippen LogP contribution in [0.1, 0.15) is 31.0 Å². The van der Waals surface area contributed by atoms with Crippen LogP contribution in [0.4, 0.5) is 5.82 Å². The number of piperidine rings is 1. The standard InChI is InChI=1S/C18H26ClN5/c1-22(2)9-4-11-23-12-8-20-18(23)15-5-3-10-24(14-15)17-7-6-16(19)13-21-17/h6-8,12-13,15H,3-5,9-11,14H2,1-2H3/t15-/m1/s1. The van der Waals surface area contributed by atoms with E-state index in [2.05, 4.69) is 44.6 Å². The van der Waals surface area contributed by atoms with Crippen molar-refractivity contribution in [2.45, 2.75) is 31.7 Å². The fourth-order valence-electron chi connectivity index (χ4n) is 3.38. The molecule has 130 valence electrons. The lowest BCUT2D eigenvalue weighted by Crippen LogP contribution is -2.36. The van der Waals surface area contributed by atoms with E-state index in [1.165, 1.54) is 18.7 Å². The molecule has 3 heterocycles. The minimum Gasteiger partial charge on any atom is -0.356 e. The second kappa shape index (κ2) is 7.99. The summed E-state index contributed by atoms with van der Waals surface area (Å²) in [7, 11) is 4.24. The number of imidazole rings is 1. The zero-order valence-electron chi connectivity index (χ0n) is 14.5. The first-order valence-corrected chi connectivity index (χ1v) is 9.03. The molecule has 1 atom stereocenters. The Balaban J connectivity index is 1.66. The lowest BCUT2D eigenvalue weighted by Gasteiger charge is -2.33.